The fraction of sp³-hybridized carbons (Fsp3) is 0.538. The maximum atomic E-state index is 12.3. The van der Waals surface area contributed by atoms with Gasteiger partial charge in [-0.25, -0.2) is 13.1 Å². The summed E-state index contributed by atoms with van der Waals surface area (Å²) in [7, 11) is -0.539. The Labute approximate surface area is 119 Å². The maximum absolute atomic E-state index is 12.3. The van der Waals surface area contributed by atoms with Crippen LogP contribution < -0.4 is 15.2 Å². The third-order valence-corrected chi connectivity index (χ3v) is 5.26. The monoisotopic (exact) mass is 300 g/mol. The molecule has 0 atom stereocenters. The van der Waals surface area contributed by atoms with E-state index in [1.807, 2.05) is 0 Å². The lowest BCUT2D eigenvalue weighted by molar-refractivity contribution is -0.0659. The topological polar surface area (TPSA) is 90.7 Å². The van der Waals surface area contributed by atoms with E-state index < -0.39 is 10.0 Å². The van der Waals surface area contributed by atoms with Gasteiger partial charge in [0.2, 0.25) is 10.0 Å². The zero-order valence-corrected chi connectivity index (χ0v) is 12.5. The standard InChI is InChI=1S/C13H20N2O4S/c1-18-10-4-5-12(11(14)8-10)20(16,17)15-9-13(19-2)6-3-7-13/h4-5,8,15H,3,6-7,9,14H2,1-2H3. The van der Waals surface area contributed by atoms with Crippen LogP contribution in [0.15, 0.2) is 23.1 Å². The number of nitrogens with one attached hydrogen (secondary N) is 1. The molecule has 0 aliphatic heterocycles. The number of methoxy groups -OCH3 is 2. The van der Waals surface area contributed by atoms with Gasteiger partial charge in [-0.3, -0.25) is 0 Å². The van der Waals surface area contributed by atoms with Crippen molar-refractivity contribution < 1.29 is 17.9 Å². The van der Waals surface area contributed by atoms with Crippen molar-refractivity contribution in [3.63, 3.8) is 0 Å². The first-order valence-electron chi connectivity index (χ1n) is 6.41. The molecule has 6 nitrogen and oxygen atoms in total. The van der Waals surface area contributed by atoms with Gasteiger partial charge in [0.25, 0.3) is 0 Å². The number of hydrogen-bond acceptors (Lipinski definition) is 5. The van der Waals surface area contributed by atoms with Gasteiger partial charge in [0.05, 0.1) is 18.4 Å². The van der Waals surface area contributed by atoms with Gasteiger partial charge in [-0.05, 0) is 31.4 Å². The van der Waals surface area contributed by atoms with Gasteiger partial charge < -0.3 is 15.2 Å². The van der Waals surface area contributed by atoms with E-state index in [0.717, 1.165) is 19.3 Å². The summed E-state index contributed by atoms with van der Waals surface area (Å²) in [6.07, 6.45) is 2.79. The zero-order valence-electron chi connectivity index (χ0n) is 11.7. The van der Waals surface area contributed by atoms with Crippen LogP contribution in [0.25, 0.3) is 0 Å². The highest BCUT2D eigenvalue weighted by Gasteiger charge is 2.38. The molecule has 0 radical (unpaired) electrons. The number of nitrogens with two attached hydrogens (primary N) is 1. The maximum Gasteiger partial charge on any atom is 0.242 e. The van der Waals surface area contributed by atoms with E-state index in [1.54, 1.807) is 13.2 Å². The number of ether oxygens (including phenoxy) is 2. The average molecular weight is 300 g/mol. The van der Waals surface area contributed by atoms with Crippen molar-refractivity contribution in [2.24, 2.45) is 0 Å². The number of hydrogen-bond donors (Lipinski definition) is 2. The Kier molecular flexibility index (Phi) is 4.22. The summed E-state index contributed by atoms with van der Waals surface area (Å²) in [5.74, 6) is 0.522. The molecule has 3 N–H and O–H groups in total. The molecule has 1 aromatic rings. The van der Waals surface area contributed by atoms with Gasteiger partial charge in [-0.2, -0.15) is 0 Å². The van der Waals surface area contributed by atoms with Crippen LogP contribution in [-0.2, 0) is 14.8 Å². The highest BCUT2D eigenvalue weighted by molar-refractivity contribution is 7.89. The molecule has 0 heterocycles. The summed E-state index contributed by atoms with van der Waals surface area (Å²) in [4.78, 5) is 0.0591. The highest BCUT2D eigenvalue weighted by atomic mass is 32.2. The Morgan fingerprint density at radius 2 is 2.05 bits per heavy atom. The van der Waals surface area contributed by atoms with Crippen molar-refractivity contribution in [1.82, 2.24) is 4.72 Å². The molecule has 0 spiro atoms. The second-order valence-electron chi connectivity index (χ2n) is 4.97. The van der Waals surface area contributed by atoms with Gasteiger partial charge in [0, 0.05) is 19.7 Å². The molecule has 1 saturated carbocycles. The fourth-order valence-electron chi connectivity index (χ4n) is 2.23. The Balaban J connectivity index is 2.14. The molecule has 0 aromatic heterocycles. The van der Waals surface area contributed by atoms with E-state index in [1.165, 1.54) is 19.2 Å². The molecule has 0 unspecified atom stereocenters. The van der Waals surface area contributed by atoms with Gasteiger partial charge in [-0.1, -0.05) is 0 Å². The number of benzene rings is 1. The first-order valence-corrected chi connectivity index (χ1v) is 7.89. The molecule has 112 valence electrons. The van der Waals surface area contributed by atoms with E-state index in [0.29, 0.717) is 5.75 Å². The van der Waals surface area contributed by atoms with Crippen LogP contribution in [0.3, 0.4) is 0 Å². The molecule has 1 aromatic carbocycles. The van der Waals surface area contributed by atoms with Crippen molar-refractivity contribution in [3.8, 4) is 5.75 Å². The Bertz CT molecular complexity index is 577. The number of anilines is 1. The minimum Gasteiger partial charge on any atom is -0.497 e. The minimum atomic E-state index is -3.65. The normalized spacial score (nSPS) is 17.5. The van der Waals surface area contributed by atoms with Crippen molar-refractivity contribution in [2.45, 2.75) is 29.8 Å². The largest absolute Gasteiger partial charge is 0.497 e. The third-order valence-electron chi connectivity index (χ3n) is 3.79. The van der Waals surface area contributed by atoms with Crippen LogP contribution in [0, 0.1) is 0 Å². The molecular weight excluding hydrogens is 280 g/mol. The van der Waals surface area contributed by atoms with Crippen molar-refractivity contribution in [3.05, 3.63) is 18.2 Å². The summed E-state index contributed by atoms with van der Waals surface area (Å²) in [6.45, 7) is 0.261. The second-order valence-corrected chi connectivity index (χ2v) is 6.70. The number of rotatable bonds is 6. The first kappa shape index (κ1) is 15.1. The summed E-state index contributed by atoms with van der Waals surface area (Å²) >= 11 is 0. The van der Waals surface area contributed by atoms with E-state index in [2.05, 4.69) is 4.72 Å². The molecule has 7 heteroatoms. The Morgan fingerprint density at radius 3 is 2.50 bits per heavy atom. The Hall–Kier alpha value is -1.31. The lowest BCUT2D eigenvalue weighted by atomic mass is 9.80. The fourth-order valence-corrected chi connectivity index (χ4v) is 3.45. The van der Waals surface area contributed by atoms with Crippen molar-refractivity contribution in [2.75, 3.05) is 26.5 Å². The molecule has 2 rings (SSSR count). The van der Waals surface area contributed by atoms with Crippen LogP contribution in [0.1, 0.15) is 19.3 Å². The van der Waals surface area contributed by atoms with Gasteiger partial charge >= 0.3 is 0 Å². The predicted octanol–water partition coefficient (Wildman–Crippen LogP) is 1.12. The summed E-state index contributed by atoms with van der Waals surface area (Å²) < 4.78 is 37.5. The zero-order chi connectivity index (χ0) is 14.8. The van der Waals surface area contributed by atoms with Crippen LogP contribution in [-0.4, -0.2) is 34.8 Å². The summed E-state index contributed by atoms with van der Waals surface area (Å²) in [5, 5.41) is 0. The molecule has 1 aliphatic carbocycles. The summed E-state index contributed by atoms with van der Waals surface area (Å²) in [5.41, 5.74) is 5.57. The van der Waals surface area contributed by atoms with Gasteiger partial charge in [0.15, 0.2) is 0 Å². The molecular formula is C13H20N2O4S. The highest BCUT2D eigenvalue weighted by Crippen LogP contribution is 2.34. The molecule has 0 saturated heterocycles. The second kappa shape index (κ2) is 5.59. The van der Waals surface area contributed by atoms with E-state index in [9.17, 15) is 8.42 Å². The van der Waals surface area contributed by atoms with Crippen LogP contribution in [0.2, 0.25) is 0 Å². The smallest absolute Gasteiger partial charge is 0.242 e. The van der Waals surface area contributed by atoms with Crippen LogP contribution >= 0.6 is 0 Å². The number of sulfonamides is 1. The molecule has 1 aliphatic rings. The molecule has 1 fully saturated rings. The molecule has 20 heavy (non-hydrogen) atoms. The van der Waals surface area contributed by atoms with Gasteiger partial charge in [-0.15, -0.1) is 0 Å². The van der Waals surface area contributed by atoms with Gasteiger partial charge in [0.1, 0.15) is 10.6 Å². The minimum absolute atomic E-state index is 0.0591. The third kappa shape index (κ3) is 2.89. The molecule has 0 amide bonds. The van der Waals surface area contributed by atoms with Crippen molar-refractivity contribution in [1.29, 1.82) is 0 Å². The number of nitrogen functional groups attached to an aromatic ring is 1. The summed E-state index contributed by atoms with van der Waals surface area (Å²) in [6, 6.07) is 4.50. The lowest BCUT2D eigenvalue weighted by Crippen LogP contribution is -2.49. The van der Waals surface area contributed by atoms with E-state index >= 15 is 0 Å². The SMILES string of the molecule is COc1ccc(S(=O)(=O)NCC2(OC)CCC2)c(N)c1. The first-order chi connectivity index (χ1) is 9.42. The lowest BCUT2D eigenvalue weighted by Gasteiger charge is -2.40. The Morgan fingerprint density at radius 1 is 1.35 bits per heavy atom. The van der Waals surface area contributed by atoms with Crippen molar-refractivity contribution >= 4 is 15.7 Å². The van der Waals surface area contributed by atoms with Crippen LogP contribution in [0.4, 0.5) is 5.69 Å². The van der Waals surface area contributed by atoms with E-state index in [4.69, 9.17) is 15.2 Å². The average Bonchev–Trinajstić information content (AvgIpc) is 2.37. The van der Waals surface area contributed by atoms with Crippen LogP contribution in [0.5, 0.6) is 5.75 Å². The quantitative estimate of drug-likeness (QED) is 0.768. The van der Waals surface area contributed by atoms with E-state index in [-0.39, 0.29) is 22.7 Å². The predicted molar refractivity (Wildman–Crippen MR) is 76.2 cm³/mol. The molecule has 0 bridgehead atoms.